The number of carbonyl (C=O) groups is 2. The highest BCUT2D eigenvalue weighted by Crippen LogP contribution is 2.24. The Morgan fingerprint density at radius 3 is 1.90 bits per heavy atom. The van der Waals surface area contributed by atoms with Crippen LogP contribution in [-0.4, -0.2) is 122 Å². The van der Waals surface area contributed by atoms with Crippen LogP contribution in [-0.2, 0) is 19.1 Å². The molecule has 1 amide bonds. The van der Waals surface area contributed by atoms with Crippen molar-refractivity contribution in [3.8, 4) is 0 Å². The van der Waals surface area contributed by atoms with Crippen molar-refractivity contribution in [2.75, 3.05) is 26.4 Å². The van der Waals surface area contributed by atoms with Gasteiger partial charge >= 0.3 is 5.97 Å². The van der Waals surface area contributed by atoms with Crippen LogP contribution in [0.5, 0.6) is 0 Å². The molecule has 0 aromatic carbocycles. The topological polar surface area (TPSA) is 226 Å². The predicted octanol–water partition coefficient (Wildman–Crippen LogP) is -4.50. The van der Waals surface area contributed by atoms with Gasteiger partial charge in [0.2, 0.25) is 5.91 Å². The van der Waals surface area contributed by atoms with Crippen molar-refractivity contribution in [3.63, 3.8) is 0 Å². The van der Waals surface area contributed by atoms with Gasteiger partial charge in [-0.15, -0.1) is 0 Å². The molecule has 0 bridgehead atoms. The van der Waals surface area contributed by atoms with Gasteiger partial charge in [0.25, 0.3) is 5.79 Å². The van der Waals surface area contributed by atoms with Crippen molar-refractivity contribution < 1.29 is 59.9 Å². The van der Waals surface area contributed by atoms with Gasteiger partial charge in [-0.3, -0.25) is 4.79 Å². The van der Waals surface area contributed by atoms with Gasteiger partial charge in [0.15, 0.2) is 0 Å². The molecule has 0 saturated heterocycles. The molecule has 29 heavy (non-hydrogen) atoms. The quantitative estimate of drug-likeness (QED) is 0.112. The molecular weight excluding hydrogens is 398 g/mol. The molecule has 7 atom stereocenters. The van der Waals surface area contributed by atoms with Crippen molar-refractivity contribution >= 4 is 11.9 Å². The Hall–Kier alpha value is -1.42. The fourth-order valence-corrected chi connectivity index (χ4v) is 2.24. The maximum atomic E-state index is 11.8. The summed E-state index contributed by atoms with van der Waals surface area (Å²) >= 11 is 0. The molecule has 0 heterocycles. The lowest BCUT2D eigenvalue weighted by Gasteiger charge is -2.36. The summed E-state index contributed by atoms with van der Waals surface area (Å²) in [5.41, 5.74) is 0. The summed E-state index contributed by atoms with van der Waals surface area (Å²) in [7, 11) is 0. The maximum Gasteiger partial charge on any atom is 0.364 e. The Balaban J connectivity index is 5.50. The van der Waals surface area contributed by atoms with Gasteiger partial charge in [0.1, 0.15) is 36.6 Å². The molecule has 0 aromatic heterocycles. The Morgan fingerprint density at radius 2 is 1.48 bits per heavy atom. The molecule has 172 valence electrons. The smallest absolute Gasteiger partial charge is 0.364 e. The van der Waals surface area contributed by atoms with E-state index in [-0.39, 0.29) is 6.42 Å². The fraction of sp³-hybridized carbons (Fsp3) is 0.875. The first-order chi connectivity index (χ1) is 13.4. The lowest BCUT2D eigenvalue weighted by atomic mass is 10.1. The highest BCUT2D eigenvalue weighted by Gasteiger charge is 2.45. The second-order valence-corrected chi connectivity index (χ2v) is 6.36. The number of rotatable bonds is 15. The minimum absolute atomic E-state index is 0.369. The van der Waals surface area contributed by atoms with E-state index >= 15 is 0 Å². The van der Waals surface area contributed by atoms with Crippen LogP contribution in [0.1, 0.15) is 20.3 Å². The van der Waals surface area contributed by atoms with E-state index in [2.05, 4.69) is 5.32 Å². The fourth-order valence-electron chi connectivity index (χ4n) is 2.24. The third-order valence-corrected chi connectivity index (χ3v) is 4.11. The summed E-state index contributed by atoms with van der Waals surface area (Å²) in [6.45, 7) is -0.542. The molecular formula is C16H31NO12. The van der Waals surface area contributed by atoms with E-state index in [1.54, 1.807) is 0 Å². The van der Waals surface area contributed by atoms with E-state index in [0.717, 1.165) is 6.92 Å². The third kappa shape index (κ3) is 8.46. The Kier molecular flexibility index (Phi) is 12.4. The number of aliphatic hydroxyl groups is 7. The maximum absolute atomic E-state index is 11.8. The molecule has 0 aromatic rings. The first kappa shape index (κ1) is 27.6. The van der Waals surface area contributed by atoms with Crippen LogP contribution >= 0.6 is 0 Å². The van der Waals surface area contributed by atoms with Crippen molar-refractivity contribution in [1.82, 2.24) is 5.32 Å². The van der Waals surface area contributed by atoms with Crippen LogP contribution in [0.4, 0.5) is 0 Å². The van der Waals surface area contributed by atoms with Crippen LogP contribution in [0.25, 0.3) is 0 Å². The van der Waals surface area contributed by atoms with Crippen LogP contribution in [0.2, 0.25) is 0 Å². The zero-order valence-corrected chi connectivity index (χ0v) is 16.2. The minimum atomic E-state index is -2.48. The Morgan fingerprint density at radius 1 is 0.966 bits per heavy atom. The van der Waals surface area contributed by atoms with Gasteiger partial charge in [-0.1, -0.05) is 6.92 Å². The second-order valence-electron chi connectivity index (χ2n) is 6.36. The van der Waals surface area contributed by atoms with E-state index < -0.39 is 80.7 Å². The van der Waals surface area contributed by atoms with E-state index in [9.17, 15) is 40.2 Å². The van der Waals surface area contributed by atoms with Crippen molar-refractivity contribution in [2.45, 2.75) is 62.7 Å². The summed E-state index contributed by atoms with van der Waals surface area (Å²) in [6, 6.07) is 0. The zero-order chi connectivity index (χ0) is 22.8. The molecule has 3 unspecified atom stereocenters. The van der Waals surface area contributed by atoms with Gasteiger partial charge in [0, 0.05) is 19.9 Å². The molecule has 0 saturated carbocycles. The van der Waals surface area contributed by atoms with Crippen molar-refractivity contribution in [2.24, 2.45) is 0 Å². The van der Waals surface area contributed by atoms with Crippen LogP contribution in [0.15, 0.2) is 0 Å². The first-order valence-electron chi connectivity index (χ1n) is 8.87. The van der Waals surface area contributed by atoms with Crippen molar-refractivity contribution in [3.05, 3.63) is 0 Å². The zero-order valence-electron chi connectivity index (χ0n) is 16.2. The molecule has 13 nitrogen and oxygen atoms in total. The number of carboxylic acids is 1. The van der Waals surface area contributed by atoms with Gasteiger partial charge in [-0.25, -0.2) is 4.79 Å². The average molecular weight is 429 g/mol. The molecule has 0 aliphatic rings. The lowest BCUT2D eigenvalue weighted by Crippen LogP contribution is -2.56. The van der Waals surface area contributed by atoms with Gasteiger partial charge in [-0.2, -0.15) is 0 Å². The molecule has 0 aliphatic heterocycles. The molecule has 0 aliphatic carbocycles. The lowest BCUT2D eigenvalue weighted by molar-refractivity contribution is -0.283. The number of aliphatic hydroxyl groups excluding tert-OH is 7. The van der Waals surface area contributed by atoms with Crippen LogP contribution in [0.3, 0.4) is 0 Å². The summed E-state index contributed by atoms with van der Waals surface area (Å²) in [4.78, 5) is 22.9. The summed E-state index contributed by atoms with van der Waals surface area (Å²) in [5, 5.41) is 78.2. The number of hydrogen-bond acceptors (Lipinski definition) is 11. The Labute approximate surface area is 167 Å². The minimum Gasteiger partial charge on any atom is -0.477 e. The van der Waals surface area contributed by atoms with Gasteiger partial charge in [0.05, 0.1) is 19.8 Å². The van der Waals surface area contributed by atoms with Crippen LogP contribution in [0, 0.1) is 0 Å². The van der Waals surface area contributed by atoms with E-state index in [4.69, 9.17) is 19.7 Å². The molecule has 13 heteroatoms. The number of hydrogen-bond donors (Lipinski definition) is 9. The summed E-state index contributed by atoms with van der Waals surface area (Å²) in [6.07, 6.45) is -10.8. The van der Waals surface area contributed by atoms with E-state index in [1.165, 1.54) is 6.92 Å². The number of carbonyl (C=O) groups excluding carboxylic acids is 1. The SMILES string of the molecule is CC[C@@](OCC(O)[C@H](O)C(O)CO)(OC(CNC(C)=O)[C@H](O)[C@H](O)CO)C(=O)O. The first-order valence-corrected chi connectivity index (χ1v) is 8.87. The van der Waals surface area contributed by atoms with Crippen LogP contribution < -0.4 is 5.32 Å². The number of amides is 1. The number of carboxylic acid groups (broad SMARTS) is 1. The van der Waals surface area contributed by atoms with Crippen molar-refractivity contribution in [1.29, 1.82) is 0 Å². The highest BCUT2D eigenvalue weighted by atomic mass is 16.7. The molecule has 0 fully saturated rings. The third-order valence-electron chi connectivity index (χ3n) is 4.11. The summed E-state index contributed by atoms with van der Waals surface area (Å²) in [5.74, 6) is -4.70. The van der Waals surface area contributed by atoms with Gasteiger partial charge < -0.3 is 55.6 Å². The predicted molar refractivity (Wildman–Crippen MR) is 94.4 cm³/mol. The molecule has 0 rings (SSSR count). The largest absolute Gasteiger partial charge is 0.477 e. The number of ether oxygens (including phenoxy) is 2. The van der Waals surface area contributed by atoms with Gasteiger partial charge in [-0.05, 0) is 0 Å². The molecule has 0 radical (unpaired) electrons. The molecule has 9 N–H and O–H groups in total. The molecule has 0 spiro atoms. The number of aliphatic carboxylic acids is 1. The van der Waals surface area contributed by atoms with E-state index in [1.807, 2.05) is 0 Å². The monoisotopic (exact) mass is 429 g/mol. The highest BCUT2D eigenvalue weighted by molar-refractivity contribution is 5.75. The summed E-state index contributed by atoms with van der Waals surface area (Å²) < 4.78 is 10.5. The standard InChI is InChI=1S/C16H31NO12/c1-3-16(15(26)27,28-7-11(23)13(24)9(21)5-18)29-12(4-17-8(2)20)14(25)10(22)6-19/h9-14,18-19,21-25H,3-7H2,1-2H3,(H,17,20)(H,26,27)/t9?,10-,11?,12?,13-,14-,16-/m1/s1. The normalized spacial score (nSPS) is 20.0. The second kappa shape index (κ2) is 13.0. The van der Waals surface area contributed by atoms with E-state index in [0.29, 0.717) is 0 Å². The average Bonchev–Trinajstić information content (AvgIpc) is 2.70. The number of nitrogens with one attached hydrogen (secondary N) is 1. The Bertz CT molecular complexity index is 506.